The lowest BCUT2D eigenvalue weighted by atomic mass is 9.86. The summed E-state index contributed by atoms with van der Waals surface area (Å²) < 4.78 is 0. The summed E-state index contributed by atoms with van der Waals surface area (Å²) in [5.74, 6) is 0.873. The monoisotopic (exact) mass is 276 g/mol. The molecule has 0 unspecified atom stereocenters. The average Bonchev–Trinajstić information content (AvgIpc) is 2.38. The molecule has 0 saturated heterocycles. The van der Waals surface area contributed by atoms with Crippen LogP contribution in [0.4, 0.5) is 5.69 Å². The van der Waals surface area contributed by atoms with Crippen molar-refractivity contribution in [1.29, 1.82) is 0 Å². The Bertz CT molecular complexity index is 462. The predicted molar refractivity (Wildman–Crippen MR) is 86.9 cm³/mol. The molecule has 0 aromatic heterocycles. The van der Waals surface area contributed by atoms with E-state index in [1.165, 1.54) is 36.9 Å². The zero-order valence-corrected chi connectivity index (χ0v) is 13.0. The summed E-state index contributed by atoms with van der Waals surface area (Å²) in [5, 5.41) is 0. The minimum atomic E-state index is 0.495. The zero-order chi connectivity index (χ0) is 14.0. The molecule has 0 atom stereocenters. The van der Waals surface area contributed by atoms with E-state index in [0.29, 0.717) is 11.0 Å². The molecule has 0 heterocycles. The lowest BCUT2D eigenvalue weighted by Crippen LogP contribution is -2.36. The quantitative estimate of drug-likeness (QED) is 0.855. The van der Waals surface area contributed by atoms with Crippen LogP contribution >= 0.6 is 12.2 Å². The van der Waals surface area contributed by atoms with Gasteiger partial charge in [-0.25, -0.2) is 0 Å². The number of aryl methyl sites for hydroxylation is 1. The zero-order valence-electron chi connectivity index (χ0n) is 12.1. The lowest BCUT2D eigenvalue weighted by Gasteiger charge is -2.36. The van der Waals surface area contributed by atoms with Crippen molar-refractivity contribution in [3.05, 3.63) is 29.3 Å². The van der Waals surface area contributed by atoms with Crippen LogP contribution in [0, 0.1) is 12.8 Å². The van der Waals surface area contributed by atoms with Crippen LogP contribution in [0.15, 0.2) is 18.2 Å². The molecule has 2 rings (SSSR count). The molecule has 0 radical (unpaired) electrons. The molecule has 19 heavy (non-hydrogen) atoms. The number of nitrogens with zero attached hydrogens (tertiary/aromatic N) is 1. The Kier molecular flexibility index (Phi) is 4.46. The molecule has 2 nitrogen and oxygen atoms in total. The van der Waals surface area contributed by atoms with Gasteiger partial charge in [0.2, 0.25) is 0 Å². The molecule has 2 N–H and O–H groups in total. The molecule has 1 aliphatic rings. The second kappa shape index (κ2) is 5.91. The molecule has 1 fully saturated rings. The van der Waals surface area contributed by atoms with E-state index in [9.17, 15) is 0 Å². The van der Waals surface area contributed by atoms with E-state index >= 15 is 0 Å². The van der Waals surface area contributed by atoms with Crippen molar-refractivity contribution in [3.8, 4) is 0 Å². The summed E-state index contributed by atoms with van der Waals surface area (Å²) in [5.41, 5.74) is 9.27. The highest BCUT2D eigenvalue weighted by Gasteiger charge is 2.23. The number of benzene rings is 1. The maximum atomic E-state index is 5.88. The molecule has 0 bridgehead atoms. The summed E-state index contributed by atoms with van der Waals surface area (Å²) in [6.45, 7) is 4.43. The van der Waals surface area contributed by atoms with E-state index in [2.05, 4.69) is 44.0 Å². The normalized spacial score (nSPS) is 23.1. The Labute approximate surface area is 122 Å². The van der Waals surface area contributed by atoms with Crippen LogP contribution in [-0.2, 0) is 0 Å². The third-order valence-corrected chi connectivity index (χ3v) is 4.55. The minimum Gasteiger partial charge on any atom is -0.389 e. The van der Waals surface area contributed by atoms with Crippen molar-refractivity contribution in [1.82, 2.24) is 0 Å². The fourth-order valence-corrected chi connectivity index (χ4v) is 3.14. The molecule has 1 aromatic carbocycles. The van der Waals surface area contributed by atoms with Crippen LogP contribution < -0.4 is 10.6 Å². The first-order valence-corrected chi connectivity index (χ1v) is 7.53. The number of rotatable bonds is 3. The van der Waals surface area contributed by atoms with Gasteiger partial charge in [0.15, 0.2) is 0 Å². The van der Waals surface area contributed by atoms with Crippen molar-refractivity contribution in [2.45, 2.75) is 45.6 Å². The van der Waals surface area contributed by atoms with Crippen molar-refractivity contribution in [2.75, 3.05) is 11.9 Å². The van der Waals surface area contributed by atoms with E-state index in [0.717, 1.165) is 11.5 Å². The number of thiocarbonyl (C=S) groups is 1. The Morgan fingerprint density at radius 1 is 1.26 bits per heavy atom. The van der Waals surface area contributed by atoms with E-state index in [1.807, 2.05) is 0 Å². The lowest BCUT2D eigenvalue weighted by molar-refractivity contribution is 0.340. The minimum absolute atomic E-state index is 0.495. The highest BCUT2D eigenvalue weighted by atomic mass is 32.1. The van der Waals surface area contributed by atoms with Gasteiger partial charge in [0.25, 0.3) is 0 Å². The van der Waals surface area contributed by atoms with Crippen molar-refractivity contribution < 1.29 is 0 Å². The summed E-state index contributed by atoms with van der Waals surface area (Å²) in [4.78, 5) is 2.87. The number of nitrogens with two attached hydrogens (primary N) is 1. The maximum absolute atomic E-state index is 5.88. The molecular weight excluding hydrogens is 252 g/mol. The number of hydrogen-bond acceptors (Lipinski definition) is 2. The first-order chi connectivity index (χ1) is 8.99. The van der Waals surface area contributed by atoms with Gasteiger partial charge in [0.1, 0.15) is 4.99 Å². The molecule has 0 aliphatic heterocycles. The van der Waals surface area contributed by atoms with Gasteiger partial charge >= 0.3 is 0 Å². The molecule has 1 aromatic rings. The largest absolute Gasteiger partial charge is 0.389 e. The fraction of sp³-hybridized carbons (Fsp3) is 0.562. The highest BCUT2D eigenvalue weighted by molar-refractivity contribution is 7.80. The summed E-state index contributed by atoms with van der Waals surface area (Å²) in [6.07, 6.45) is 5.18. The Hall–Kier alpha value is -1.09. The first kappa shape index (κ1) is 14.3. The topological polar surface area (TPSA) is 29.3 Å². The van der Waals surface area contributed by atoms with Crippen molar-refractivity contribution in [2.24, 2.45) is 11.7 Å². The average molecular weight is 276 g/mol. The van der Waals surface area contributed by atoms with Crippen molar-refractivity contribution >= 4 is 22.9 Å². The van der Waals surface area contributed by atoms with Gasteiger partial charge in [-0.05, 0) is 50.7 Å². The van der Waals surface area contributed by atoms with Crippen LogP contribution in [0.2, 0.25) is 0 Å². The van der Waals surface area contributed by atoms with Crippen molar-refractivity contribution in [3.63, 3.8) is 0 Å². The summed E-state index contributed by atoms with van der Waals surface area (Å²) in [7, 11) is 2.17. The van der Waals surface area contributed by atoms with Gasteiger partial charge < -0.3 is 10.6 Å². The third kappa shape index (κ3) is 3.27. The van der Waals surface area contributed by atoms with Crippen LogP contribution in [0.3, 0.4) is 0 Å². The Morgan fingerprint density at radius 3 is 2.47 bits per heavy atom. The summed E-state index contributed by atoms with van der Waals surface area (Å²) >= 11 is 5.20. The fourth-order valence-electron chi connectivity index (χ4n) is 2.98. The SMILES string of the molecule is Cc1ccc(N(C)C2CCC(C)CC2)c(C(N)=S)c1. The Morgan fingerprint density at radius 2 is 1.89 bits per heavy atom. The van der Waals surface area contributed by atoms with Crippen LogP contribution in [0.5, 0.6) is 0 Å². The molecule has 0 spiro atoms. The second-order valence-corrected chi connectivity index (χ2v) is 6.35. The van der Waals surface area contributed by atoms with E-state index < -0.39 is 0 Å². The van der Waals surface area contributed by atoms with E-state index in [-0.39, 0.29) is 0 Å². The number of anilines is 1. The molecule has 0 amide bonds. The standard InChI is InChI=1S/C16H24N2S/c1-11-4-7-13(8-5-11)18(3)15-9-6-12(2)10-14(15)16(17)19/h6,9-11,13H,4-5,7-8H2,1-3H3,(H2,17,19). The second-order valence-electron chi connectivity index (χ2n) is 5.91. The van der Waals surface area contributed by atoms with Gasteiger partial charge in [-0.15, -0.1) is 0 Å². The predicted octanol–water partition coefficient (Wildman–Crippen LogP) is 3.64. The van der Waals surface area contributed by atoms with Gasteiger partial charge in [-0.3, -0.25) is 0 Å². The third-order valence-electron chi connectivity index (χ3n) is 4.33. The molecule has 3 heteroatoms. The van der Waals surface area contributed by atoms with Gasteiger partial charge in [0, 0.05) is 24.3 Å². The van der Waals surface area contributed by atoms with Gasteiger partial charge in [-0.2, -0.15) is 0 Å². The first-order valence-electron chi connectivity index (χ1n) is 7.12. The molecule has 104 valence electrons. The molecule has 1 saturated carbocycles. The van der Waals surface area contributed by atoms with E-state index in [1.54, 1.807) is 0 Å². The van der Waals surface area contributed by atoms with Gasteiger partial charge in [-0.1, -0.05) is 30.8 Å². The Balaban J connectivity index is 2.23. The highest BCUT2D eigenvalue weighted by Crippen LogP contribution is 2.31. The maximum Gasteiger partial charge on any atom is 0.106 e. The van der Waals surface area contributed by atoms with Crippen LogP contribution in [-0.4, -0.2) is 18.1 Å². The van der Waals surface area contributed by atoms with Crippen LogP contribution in [0.1, 0.15) is 43.7 Å². The van der Waals surface area contributed by atoms with E-state index in [4.69, 9.17) is 18.0 Å². The molecular formula is C16H24N2S. The smallest absolute Gasteiger partial charge is 0.106 e. The van der Waals surface area contributed by atoms with Crippen LogP contribution in [0.25, 0.3) is 0 Å². The number of hydrogen-bond donors (Lipinski definition) is 1. The molecule has 1 aliphatic carbocycles. The summed E-state index contributed by atoms with van der Waals surface area (Å²) in [6, 6.07) is 7.01. The van der Waals surface area contributed by atoms with Gasteiger partial charge in [0.05, 0.1) is 0 Å².